The molecule has 0 spiro atoms. The van der Waals surface area contributed by atoms with E-state index in [9.17, 15) is 8.42 Å². The quantitative estimate of drug-likeness (QED) is 0.823. The van der Waals surface area contributed by atoms with Crippen LogP contribution < -0.4 is 4.72 Å². The number of aromatic nitrogens is 3. The molecule has 1 saturated heterocycles. The Morgan fingerprint density at radius 3 is 2.79 bits per heavy atom. The van der Waals surface area contributed by atoms with Crippen LogP contribution in [0.2, 0.25) is 0 Å². The third-order valence-electron chi connectivity index (χ3n) is 4.17. The first-order valence-corrected chi connectivity index (χ1v) is 9.75. The van der Waals surface area contributed by atoms with Gasteiger partial charge in [0.25, 0.3) is 0 Å². The smallest absolute Gasteiger partial charge is 0.212 e. The molecule has 2 atom stereocenters. The highest BCUT2D eigenvalue weighted by Gasteiger charge is 2.21. The van der Waals surface area contributed by atoms with E-state index in [4.69, 9.17) is 4.74 Å². The van der Waals surface area contributed by atoms with E-state index < -0.39 is 10.0 Å². The molecule has 0 aliphatic carbocycles. The summed E-state index contributed by atoms with van der Waals surface area (Å²) in [7, 11) is -3.33. The molecule has 0 radical (unpaired) electrons. The molecule has 1 aliphatic rings. The zero-order chi connectivity index (χ0) is 17.0. The molecule has 130 valence electrons. The highest BCUT2D eigenvalue weighted by molar-refractivity contribution is 7.89. The molecule has 1 aliphatic heterocycles. The molecule has 8 heteroatoms. The van der Waals surface area contributed by atoms with Crippen LogP contribution in [0.5, 0.6) is 0 Å². The van der Waals surface area contributed by atoms with Crippen LogP contribution in [0.1, 0.15) is 37.8 Å². The molecule has 24 heavy (non-hydrogen) atoms. The summed E-state index contributed by atoms with van der Waals surface area (Å²) >= 11 is 0. The van der Waals surface area contributed by atoms with Crippen LogP contribution in [-0.2, 0) is 14.8 Å². The van der Waals surface area contributed by atoms with E-state index in [1.807, 2.05) is 31.2 Å². The van der Waals surface area contributed by atoms with E-state index in [-0.39, 0.29) is 17.9 Å². The van der Waals surface area contributed by atoms with Gasteiger partial charge in [0, 0.05) is 12.6 Å². The van der Waals surface area contributed by atoms with Crippen molar-refractivity contribution in [2.24, 2.45) is 0 Å². The van der Waals surface area contributed by atoms with Gasteiger partial charge in [-0.3, -0.25) is 0 Å². The number of nitrogens with zero attached hydrogens (tertiary/aromatic N) is 3. The molecule has 2 heterocycles. The van der Waals surface area contributed by atoms with Crippen molar-refractivity contribution in [2.45, 2.75) is 38.3 Å². The molecule has 2 aromatic rings. The normalized spacial score (nSPS) is 19.5. The summed E-state index contributed by atoms with van der Waals surface area (Å²) in [5, 5.41) is 4.06. The van der Waals surface area contributed by atoms with Crippen LogP contribution in [0.15, 0.2) is 36.9 Å². The van der Waals surface area contributed by atoms with Crippen LogP contribution in [0.25, 0.3) is 5.69 Å². The lowest BCUT2D eigenvalue weighted by molar-refractivity contribution is 0.108. The monoisotopic (exact) mass is 350 g/mol. The average Bonchev–Trinajstić information content (AvgIpc) is 3.26. The van der Waals surface area contributed by atoms with E-state index in [1.54, 1.807) is 11.0 Å². The Kier molecular flexibility index (Phi) is 5.27. The van der Waals surface area contributed by atoms with Gasteiger partial charge in [0.2, 0.25) is 10.0 Å². The lowest BCUT2D eigenvalue weighted by atomic mass is 10.1. The molecule has 0 unspecified atom stereocenters. The van der Waals surface area contributed by atoms with Crippen molar-refractivity contribution in [3.8, 4) is 5.69 Å². The number of nitrogens with one attached hydrogen (secondary N) is 1. The molecular weight excluding hydrogens is 328 g/mol. The molecule has 7 nitrogen and oxygen atoms in total. The summed E-state index contributed by atoms with van der Waals surface area (Å²) in [6.07, 6.45) is 5.69. The van der Waals surface area contributed by atoms with Crippen molar-refractivity contribution >= 4 is 10.0 Å². The fraction of sp³-hybridized carbons (Fsp3) is 0.500. The minimum Gasteiger partial charge on any atom is -0.378 e. The summed E-state index contributed by atoms with van der Waals surface area (Å²) < 4.78 is 34.3. The van der Waals surface area contributed by atoms with Gasteiger partial charge in [-0.25, -0.2) is 22.8 Å². The van der Waals surface area contributed by atoms with Crippen molar-refractivity contribution in [3.63, 3.8) is 0 Å². The highest BCUT2D eigenvalue weighted by Crippen LogP contribution is 2.18. The molecule has 0 saturated carbocycles. The first-order chi connectivity index (χ1) is 11.5. The standard InChI is InChI=1S/C16H22N4O3S/c1-13(19-24(21,22)10-8-16-3-2-9-23-16)14-4-6-15(7-5-14)20-12-17-11-18-20/h4-7,11-13,16,19H,2-3,8-10H2,1H3/t13-,16+/m0/s1. The Morgan fingerprint density at radius 1 is 1.38 bits per heavy atom. The first-order valence-electron chi connectivity index (χ1n) is 8.10. The van der Waals surface area contributed by atoms with E-state index in [2.05, 4.69) is 14.8 Å². The maximum Gasteiger partial charge on any atom is 0.212 e. The maximum atomic E-state index is 12.2. The fourth-order valence-corrected chi connectivity index (χ4v) is 4.18. The summed E-state index contributed by atoms with van der Waals surface area (Å²) in [5.41, 5.74) is 1.78. The zero-order valence-corrected chi connectivity index (χ0v) is 14.4. The summed E-state index contributed by atoms with van der Waals surface area (Å²) in [4.78, 5) is 3.91. The SMILES string of the molecule is C[C@H](NS(=O)(=O)CC[C@H]1CCCO1)c1ccc(-n2cncn2)cc1. The first kappa shape index (κ1) is 17.1. The van der Waals surface area contributed by atoms with E-state index in [0.29, 0.717) is 6.42 Å². The lowest BCUT2D eigenvalue weighted by Crippen LogP contribution is -2.30. The van der Waals surface area contributed by atoms with Gasteiger partial charge in [-0.2, -0.15) is 5.10 Å². The second kappa shape index (κ2) is 7.42. The largest absolute Gasteiger partial charge is 0.378 e. The summed E-state index contributed by atoms with van der Waals surface area (Å²) in [6.45, 7) is 2.58. The Hall–Kier alpha value is -1.77. The van der Waals surface area contributed by atoms with E-state index in [0.717, 1.165) is 30.7 Å². The van der Waals surface area contributed by atoms with Crippen molar-refractivity contribution in [2.75, 3.05) is 12.4 Å². The third kappa shape index (κ3) is 4.40. The van der Waals surface area contributed by atoms with Crippen LogP contribution in [0, 0.1) is 0 Å². The molecule has 3 rings (SSSR count). The number of ether oxygens (including phenoxy) is 1. The molecule has 1 N–H and O–H groups in total. The second-order valence-electron chi connectivity index (χ2n) is 6.01. The predicted molar refractivity (Wildman–Crippen MR) is 90.3 cm³/mol. The molecule has 1 aromatic carbocycles. The number of hydrogen-bond acceptors (Lipinski definition) is 5. The lowest BCUT2D eigenvalue weighted by Gasteiger charge is -2.16. The van der Waals surface area contributed by atoms with Crippen LogP contribution in [0.3, 0.4) is 0 Å². The minimum atomic E-state index is -3.33. The molecule has 0 amide bonds. The highest BCUT2D eigenvalue weighted by atomic mass is 32.2. The minimum absolute atomic E-state index is 0.0823. The van der Waals surface area contributed by atoms with E-state index >= 15 is 0 Å². The fourth-order valence-electron chi connectivity index (χ4n) is 2.81. The van der Waals surface area contributed by atoms with Crippen molar-refractivity contribution in [1.29, 1.82) is 0 Å². The Labute approximate surface area is 142 Å². The summed E-state index contributed by atoms with van der Waals surface area (Å²) in [6, 6.07) is 7.28. The molecule has 1 fully saturated rings. The van der Waals surface area contributed by atoms with Crippen LogP contribution in [-0.4, -0.2) is 41.6 Å². The Balaban J connectivity index is 1.58. The zero-order valence-electron chi connectivity index (χ0n) is 13.6. The van der Waals surface area contributed by atoms with Crippen LogP contribution in [0.4, 0.5) is 0 Å². The Bertz CT molecular complexity index is 738. The molecule has 1 aromatic heterocycles. The second-order valence-corrected chi connectivity index (χ2v) is 7.89. The van der Waals surface area contributed by atoms with Gasteiger partial charge in [0.15, 0.2) is 0 Å². The summed E-state index contributed by atoms with van der Waals surface area (Å²) in [5.74, 6) is 0.0963. The van der Waals surface area contributed by atoms with Gasteiger partial charge in [-0.1, -0.05) is 12.1 Å². The van der Waals surface area contributed by atoms with Gasteiger partial charge in [0.1, 0.15) is 12.7 Å². The predicted octanol–water partition coefficient (Wildman–Crippen LogP) is 1.82. The Morgan fingerprint density at radius 2 is 2.17 bits per heavy atom. The van der Waals surface area contributed by atoms with Crippen molar-refractivity contribution in [3.05, 3.63) is 42.5 Å². The average molecular weight is 350 g/mol. The number of hydrogen-bond donors (Lipinski definition) is 1. The molecule has 0 bridgehead atoms. The van der Waals surface area contributed by atoms with Crippen molar-refractivity contribution in [1.82, 2.24) is 19.5 Å². The maximum absolute atomic E-state index is 12.2. The number of sulfonamides is 1. The van der Waals surface area contributed by atoms with Crippen molar-refractivity contribution < 1.29 is 13.2 Å². The number of rotatable bonds is 7. The van der Waals surface area contributed by atoms with Crippen LogP contribution >= 0.6 is 0 Å². The third-order valence-corrected chi connectivity index (χ3v) is 5.65. The van der Waals surface area contributed by atoms with Gasteiger partial charge < -0.3 is 4.74 Å². The van der Waals surface area contributed by atoms with E-state index in [1.165, 1.54) is 6.33 Å². The van der Waals surface area contributed by atoms with Gasteiger partial charge in [0.05, 0.1) is 17.5 Å². The van der Waals surface area contributed by atoms with Gasteiger partial charge >= 0.3 is 0 Å². The topological polar surface area (TPSA) is 86.1 Å². The van der Waals surface area contributed by atoms with Gasteiger partial charge in [-0.15, -0.1) is 0 Å². The number of benzene rings is 1. The molecular formula is C16H22N4O3S. The van der Waals surface area contributed by atoms with Gasteiger partial charge in [-0.05, 0) is 43.9 Å².